The summed E-state index contributed by atoms with van der Waals surface area (Å²) in [4.78, 5) is 38.5. The van der Waals surface area contributed by atoms with Crippen LogP contribution in [0.5, 0.6) is 11.5 Å². The molecular weight excluding hydrogens is 481 g/mol. The van der Waals surface area contributed by atoms with Crippen molar-refractivity contribution in [3.05, 3.63) is 99.2 Å². The van der Waals surface area contributed by atoms with Crippen LogP contribution in [0.2, 0.25) is 5.02 Å². The molecule has 2 amide bonds. The number of esters is 1. The number of amides is 2. The molecule has 0 atom stereocenters. The first kappa shape index (κ1) is 23.5. The summed E-state index contributed by atoms with van der Waals surface area (Å²) in [6.07, 6.45) is 1.54. The lowest BCUT2D eigenvalue weighted by molar-refractivity contribution is -0.123. The Labute approximate surface area is 203 Å². The van der Waals surface area contributed by atoms with Gasteiger partial charge in [0.15, 0.2) is 0 Å². The van der Waals surface area contributed by atoms with Crippen LogP contribution in [0.3, 0.4) is 0 Å². The van der Waals surface area contributed by atoms with Crippen molar-refractivity contribution in [2.24, 2.45) is 0 Å². The van der Waals surface area contributed by atoms with Gasteiger partial charge >= 0.3 is 5.97 Å². The summed E-state index contributed by atoms with van der Waals surface area (Å²) in [5, 5.41) is -0.372. The third kappa shape index (κ3) is 5.13. The second-order valence-corrected chi connectivity index (χ2v) is 8.56. The Morgan fingerprint density at radius 3 is 2.35 bits per heavy atom. The number of imide groups is 1. The molecule has 4 rings (SSSR count). The monoisotopic (exact) mass is 497 g/mol. The first-order valence-electron chi connectivity index (χ1n) is 10.0. The van der Waals surface area contributed by atoms with Crippen LogP contribution < -0.4 is 9.47 Å². The molecule has 0 aliphatic carbocycles. The van der Waals surface area contributed by atoms with E-state index in [0.717, 1.165) is 16.7 Å². The molecule has 1 fully saturated rings. The van der Waals surface area contributed by atoms with E-state index in [1.54, 1.807) is 54.6 Å². The largest absolute Gasteiger partial charge is 0.497 e. The van der Waals surface area contributed by atoms with Gasteiger partial charge in [-0.25, -0.2) is 9.18 Å². The predicted octanol–water partition coefficient (Wildman–Crippen LogP) is 5.94. The van der Waals surface area contributed by atoms with Crippen molar-refractivity contribution in [3.63, 3.8) is 0 Å². The lowest BCUT2D eigenvalue weighted by Crippen LogP contribution is -2.28. The second kappa shape index (κ2) is 10.1. The van der Waals surface area contributed by atoms with Gasteiger partial charge < -0.3 is 9.47 Å². The Kier molecular flexibility index (Phi) is 7.00. The molecule has 0 unspecified atom stereocenters. The highest BCUT2D eigenvalue weighted by molar-refractivity contribution is 8.18. The number of thioether (sulfide) groups is 1. The summed E-state index contributed by atoms with van der Waals surface area (Å²) >= 11 is 6.78. The molecule has 0 aromatic heterocycles. The van der Waals surface area contributed by atoms with Crippen LogP contribution >= 0.6 is 23.4 Å². The van der Waals surface area contributed by atoms with E-state index in [-0.39, 0.29) is 22.0 Å². The molecule has 9 heteroatoms. The molecule has 34 heavy (non-hydrogen) atoms. The number of nitrogens with zero attached hydrogens (tertiary/aromatic N) is 1. The lowest BCUT2D eigenvalue weighted by atomic mass is 10.2. The summed E-state index contributed by atoms with van der Waals surface area (Å²) in [6, 6.07) is 17.1. The molecule has 0 spiro atoms. The van der Waals surface area contributed by atoms with Crippen LogP contribution in [0.4, 0.5) is 9.18 Å². The van der Waals surface area contributed by atoms with Gasteiger partial charge in [-0.15, -0.1) is 0 Å². The third-order valence-electron chi connectivity index (χ3n) is 4.97. The fourth-order valence-electron chi connectivity index (χ4n) is 3.15. The number of ether oxygens (including phenoxy) is 2. The number of methoxy groups -OCH3 is 1. The van der Waals surface area contributed by atoms with Crippen molar-refractivity contribution in [3.8, 4) is 11.5 Å². The third-order valence-corrected chi connectivity index (χ3v) is 6.23. The predicted molar refractivity (Wildman–Crippen MR) is 127 cm³/mol. The van der Waals surface area contributed by atoms with Crippen LogP contribution in [0.15, 0.2) is 71.6 Å². The standard InChI is InChI=1S/C25H17ClFNO5S/c1-32-17-11-7-16(8-12-17)24(30)33-18-9-5-15(6-10-18)13-22-23(29)28(25(31)34-22)14-19-20(26)3-2-4-21(19)27/h2-13H,14H2,1H3/b22-13+. The van der Waals surface area contributed by atoms with E-state index in [1.807, 2.05) is 0 Å². The van der Waals surface area contributed by atoms with Crippen LogP contribution in [0, 0.1) is 5.82 Å². The zero-order valence-corrected chi connectivity index (χ0v) is 19.4. The SMILES string of the molecule is COc1ccc(C(=O)Oc2ccc(/C=C3/SC(=O)N(Cc4c(F)cccc4Cl)C3=O)cc2)cc1. The maximum atomic E-state index is 14.1. The normalized spacial score (nSPS) is 14.6. The summed E-state index contributed by atoms with van der Waals surface area (Å²) in [7, 11) is 1.54. The number of hydrogen-bond acceptors (Lipinski definition) is 6. The molecule has 0 N–H and O–H groups in total. The van der Waals surface area contributed by atoms with Gasteiger partial charge in [-0.3, -0.25) is 14.5 Å². The van der Waals surface area contributed by atoms with Crippen molar-refractivity contribution < 1.29 is 28.2 Å². The van der Waals surface area contributed by atoms with Gasteiger partial charge in [0, 0.05) is 10.6 Å². The highest BCUT2D eigenvalue weighted by Gasteiger charge is 2.35. The van der Waals surface area contributed by atoms with Crippen LogP contribution in [-0.2, 0) is 11.3 Å². The lowest BCUT2D eigenvalue weighted by Gasteiger charge is -2.14. The maximum absolute atomic E-state index is 14.1. The van der Waals surface area contributed by atoms with E-state index < -0.39 is 22.9 Å². The molecule has 1 aliphatic rings. The first-order valence-corrected chi connectivity index (χ1v) is 11.2. The molecule has 6 nitrogen and oxygen atoms in total. The number of benzene rings is 3. The quantitative estimate of drug-likeness (QED) is 0.238. The number of hydrogen-bond donors (Lipinski definition) is 0. The molecule has 172 valence electrons. The van der Waals surface area contributed by atoms with Gasteiger partial charge in [-0.2, -0.15) is 0 Å². The minimum absolute atomic E-state index is 0.0794. The average molecular weight is 498 g/mol. The van der Waals surface area contributed by atoms with Gasteiger partial charge in [0.1, 0.15) is 17.3 Å². The van der Waals surface area contributed by atoms with E-state index in [1.165, 1.54) is 25.3 Å². The van der Waals surface area contributed by atoms with E-state index in [9.17, 15) is 18.8 Å². The summed E-state index contributed by atoms with van der Waals surface area (Å²) in [5.41, 5.74) is 1.07. The van der Waals surface area contributed by atoms with Gasteiger partial charge in [0.05, 0.1) is 24.1 Å². The fraction of sp³-hybridized carbons (Fsp3) is 0.0800. The number of carbonyl (C=O) groups is 3. The zero-order chi connectivity index (χ0) is 24.2. The highest BCUT2D eigenvalue weighted by atomic mass is 35.5. The minimum Gasteiger partial charge on any atom is -0.497 e. The molecule has 0 bridgehead atoms. The smallest absolute Gasteiger partial charge is 0.343 e. The summed E-state index contributed by atoms with van der Waals surface area (Å²) < 4.78 is 24.5. The summed E-state index contributed by atoms with van der Waals surface area (Å²) in [5.74, 6) is -0.703. The molecule has 3 aromatic rings. The molecule has 1 aliphatic heterocycles. The van der Waals surface area contributed by atoms with Gasteiger partial charge in [-0.05, 0) is 71.9 Å². The Morgan fingerprint density at radius 1 is 1.03 bits per heavy atom. The molecule has 1 heterocycles. The molecule has 0 radical (unpaired) electrons. The summed E-state index contributed by atoms with van der Waals surface area (Å²) in [6.45, 7) is -0.256. The van der Waals surface area contributed by atoms with E-state index in [2.05, 4.69) is 0 Å². The first-order chi connectivity index (χ1) is 16.4. The maximum Gasteiger partial charge on any atom is 0.343 e. The number of rotatable bonds is 6. The average Bonchev–Trinajstić information content (AvgIpc) is 3.09. The van der Waals surface area contributed by atoms with Gasteiger partial charge in [0.2, 0.25) is 0 Å². The van der Waals surface area contributed by atoms with Crippen molar-refractivity contribution in [1.82, 2.24) is 4.90 Å². The van der Waals surface area contributed by atoms with Gasteiger partial charge in [0.25, 0.3) is 11.1 Å². The van der Waals surface area contributed by atoms with E-state index >= 15 is 0 Å². The van der Waals surface area contributed by atoms with Crippen LogP contribution in [0.25, 0.3) is 6.08 Å². The van der Waals surface area contributed by atoms with E-state index in [4.69, 9.17) is 21.1 Å². The van der Waals surface area contributed by atoms with Crippen molar-refractivity contribution in [2.45, 2.75) is 6.54 Å². The highest BCUT2D eigenvalue weighted by Crippen LogP contribution is 2.34. The molecule has 3 aromatic carbocycles. The molecule has 1 saturated heterocycles. The Hall–Kier alpha value is -3.62. The molecular formula is C25H17ClFNO5S. The number of carbonyl (C=O) groups excluding carboxylic acids is 3. The van der Waals surface area contributed by atoms with Crippen molar-refractivity contribution in [1.29, 1.82) is 0 Å². The topological polar surface area (TPSA) is 72.9 Å². The van der Waals surface area contributed by atoms with Crippen LogP contribution in [0.1, 0.15) is 21.5 Å². The Balaban J connectivity index is 1.44. The number of halogens is 2. The van der Waals surface area contributed by atoms with E-state index in [0.29, 0.717) is 22.6 Å². The zero-order valence-electron chi connectivity index (χ0n) is 17.8. The minimum atomic E-state index is -0.588. The second-order valence-electron chi connectivity index (χ2n) is 7.16. The van der Waals surface area contributed by atoms with Crippen LogP contribution in [-0.4, -0.2) is 29.1 Å². The van der Waals surface area contributed by atoms with Crippen molar-refractivity contribution in [2.75, 3.05) is 7.11 Å². The fourth-order valence-corrected chi connectivity index (χ4v) is 4.22. The Morgan fingerprint density at radius 2 is 1.71 bits per heavy atom. The van der Waals surface area contributed by atoms with Crippen molar-refractivity contribution >= 4 is 46.6 Å². The van der Waals surface area contributed by atoms with Gasteiger partial charge in [-0.1, -0.05) is 29.8 Å². The molecule has 0 saturated carbocycles. The Bertz CT molecular complexity index is 1270.